The fraction of sp³-hybridized carbons (Fsp3) is 0.231. The topological polar surface area (TPSA) is 50.5 Å². The van der Waals surface area contributed by atoms with Crippen LogP contribution < -0.4 is 0 Å². The van der Waals surface area contributed by atoms with Crippen molar-refractivity contribution >= 4 is 46.3 Å². The number of halogens is 2. The first-order valence-electron chi connectivity index (χ1n) is 6.03. The average Bonchev–Trinajstić information content (AvgIpc) is 2.45. The van der Waals surface area contributed by atoms with Crippen LogP contribution in [-0.2, 0) is 0 Å². The van der Waals surface area contributed by atoms with Crippen LogP contribution in [0.5, 0.6) is 0 Å². The summed E-state index contributed by atoms with van der Waals surface area (Å²) >= 11 is 13.7. The minimum Gasteiger partial charge on any atom is -0.208 e. The summed E-state index contributed by atoms with van der Waals surface area (Å²) in [4.78, 5) is 8.33. The Kier molecular flexibility index (Phi) is 5.76. The van der Waals surface area contributed by atoms with E-state index in [1.165, 1.54) is 11.8 Å². The Hall–Kier alpha value is -1.17. The summed E-state index contributed by atoms with van der Waals surface area (Å²) in [5.74, 6) is 0.914. The summed E-state index contributed by atoms with van der Waals surface area (Å²) < 4.78 is 0. The zero-order valence-corrected chi connectivity index (χ0v) is 13.1. The van der Waals surface area contributed by atoms with Crippen molar-refractivity contribution in [3.63, 3.8) is 0 Å². The molecule has 0 saturated carbocycles. The Bertz CT molecular complexity index is 582. The first kappa shape index (κ1) is 15.2. The smallest absolute Gasteiger partial charge is 0.190 e. The molecule has 0 aliphatic rings. The lowest BCUT2D eigenvalue weighted by Gasteiger charge is -2.03. The molecule has 104 valence electrons. The van der Waals surface area contributed by atoms with E-state index < -0.39 is 0 Å². The second-order valence-electron chi connectivity index (χ2n) is 3.82. The van der Waals surface area contributed by atoms with Gasteiger partial charge in [0.2, 0.25) is 0 Å². The van der Waals surface area contributed by atoms with Crippen molar-refractivity contribution in [1.82, 2.24) is 9.97 Å². The van der Waals surface area contributed by atoms with E-state index in [0.717, 1.165) is 12.2 Å². The maximum absolute atomic E-state index is 6.08. The molecule has 2 aromatic rings. The summed E-state index contributed by atoms with van der Waals surface area (Å²) in [6.45, 7) is 2.08. The van der Waals surface area contributed by atoms with Crippen molar-refractivity contribution in [2.24, 2.45) is 10.2 Å². The Morgan fingerprint density at radius 2 is 1.70 bits per heavy atom. The van der Waals surface area contributed by atoms with Crippen LogP contribution >= 0.6 is 35.0 Å². The maximum atomic E-state index is 6.08. The molecule has 1 heterocycles. The highest BCUT2D eigenvalue weighted by Crippen LogP contribution is 2.33. The van der Waals surface area contributed by atoms with Crippen LogP contribution in [0.2, 0.25) is 10.3 Å². The van der Waals surface area contributed by atoms with Gasteiger partial charge in [0.1, 0.15) is 0 Å². The van der Waals surface area contributed by atoms with E-state index in [2.05, 4.69) is 27.1 Å². The van der Waals surface area contributed by atoms with Crippen LogP contribution in [0.3, 0.4) is 0 Å². The summed E-state index contributed by atoms with van der Waals surface area (Å²) in [7, 11) is 0. The minimum atomic E-state index is 0.211. The molecule has 7 heteroatoms. The van der Waals surface area contributed by atoms with E-state index in [0.29, 0.717) is 10.8 Å². The van der Waals surface area contributed by atoms with E-state index in [-0.39, 0.29) is 16.0 Å². The predicted molar refractivity (Wildman–Crippen MR) is 83.7 cm³/mol. The second-order valence-corrected chi connectivity index (χ2v) is 5.60. The molecule has 0 amide bonds. The van der Waals surface area contributed by atoms with Crippen molar-refractivity contribution in [1.29, 1.82) is 0 Å². The molecule has 1 aromatic carbocycles. The van der Waals surface area contributed by atoms with Gasteiger partial charge in [-0.25, -0.2) is 9.97 Å². The van der Waals surface area contributed by atoms with E-state index in [1.807, 2.05) is 30.3 Å². The molecule has 0 unspecified atom stereocenters. The normalized spacial score (nSPS) is 11.2. The minimum absolute atomic E-state index is 0.211. The van der Waals surface area contributed by atoms with Gasteiger partial charge in [-0.2, -0.15) is 5.11 Å². The van der Waals surface area contributed by atoms with Crippen LogP contribution in [0.25, 0.3) is 0 Å². The zero-order chi connectivity index (χ0) is 14.4. The molecule has 0 bridgehead atoms. The zero-order valence-electron chi connectivity index (χ0n) is 10.8. The number of aromatic nitrogens is 2. The fourth-order valence-corrected chi connectivity index (χ4v) is 2.59. The van der Waals surface area contributed by atoms with E-state index in [1.54, 1.807) is 0 Å². The first-order chi connectivity index (χ1) is 9.70. The van der Waals surface area contributed by atoms with Crippen molar-refractivity contribution in [3.8, 4) is 0 Å². The molecule has 20 heavy (non-hydrogen) atoms. The number of thioether (sulfide) groups is 1. The first-order valence-corrected chi connectivity index (χ1v) is 7.77. The molecule has 2 rings (SSSR count). The number of hydrogen-bond donors (Lipinski definition) is 0. The monoisotopic (exact) mass is 326 g/mol. The second kappa shape index (κ2) is 7.57. The largest absolute Gasteiger partial charge is 0.208 e. The Labute approximate surface area is 131 Å². The van der Waals surface area contributed by atoms with Gasteiger partial charge in [0.15, 0.2) is 21.2 Å². The third-order valence-corrected chi connectivity index (χ3v) is 3.82. The van der Waals surface area contributed by atoms with E-state index in [9.17, 15) is 0 Å². The molecule has 0 aliphatic heterocycles. The Morgan fingerprint density at radius 1 is 1.05 bits per heavy atom. The highest BCUT2D eigenvalue weighted by atomic mass is 35.5. The van der Waals surface area contributed by atoms with Crippen LogP contribution in [0, 0.1) is 0 Å². The molecule has 0 fully saturated rings. The Balaban J connectivity index is 2.22. The molecular weight excluding hydrogens is 315 g/mol. The highest BCUT2D eigenvalue weighted by Gasteiger charge is 2.11. The predicted octanol–water partition coefficient (Wildman–Crippen LogP) is 5.70. The number of benzene rings is 1. The molecule has 0 spiro atoms. The summed E-state index contributed by atoms with van der Waals surface area (Å²) in [6, 6.07) is 9.31. The van der Waals surface area contributed by atoms with Crippen molar-refractivity contribution in [2.45, 2.75) is 18.5 Å². The third-order valence-electron chi connectivity index (χ3n) is 2.24. The molecule has 0 saturated heterocycles. The van der Waals surface area contributed by atoms with Gasteiger partial charge in [-0.15, -0.1) is 5.11 Å². The van der Waals surface area contributed by atoms with E-state index in [4.69, 9.17) is 23.2 Å². The molecule has 0 N–H and O–H groups in total. The molecule has 0 radical (unpaired) electrons. The standard InChI is InChI=1S/C13H12Cl2N4S/c1-2-8-20-13-16-11(14)10(12(15)17-13)19-18-9-6-4-3-5-7-9/h3-7H,2,8H2,1H3/b19-18+. The van der Waals surface area contributed by atoms with Crippen LogP contribution in [-0.4, -0.2) is 15.7 Å². The molecule has 0 aliphatic carbocycles. The molecular formula is C13H12Cl2N4S. The SMILES string of the molecule is CCCSc1nc(Cl)c(/N=N/c2ccccc2)c(Cl)n1. The summed E-state index contributed by atoms with van der Waals surface area (Å²) in [6.07, 6.45) is 1.03. The molecule has 1 aromatic heterocycles. The van der Waals surface area contributed by atoms with Crippen molar-refractivity contribution in [2.75, 3.05) is 5.75 Å². The van der Waals surface area contributed by atoms with Crippen LogP contribution in [0.1, 0.15) is 13.3 Å². The van der Waals surface area contributed by atoms with Crippen LogP contribution in [0.15, 0.2) is 45.7 Å². The van der Waals surface area contributed by atoms with Gasteiger partial charge in [0, 0.05) is 5.75 Å². The molecule has 4 nitrogen and oxygen atoms in total. The lowest BCUT2D eigenvalue weighted by Crippen LogP contribution is -1.90. The summed E-state index contributed by atoms with van der Waals surface area (Å²) in [5.41, 5.74) is 1.00. The quantitative estimate of drug-likeness (QED) is 0.306. The Morgan fingerprint density at radius 3 is 2.30 bits per heavy atom. The van der Waals surface area contributed by atoms with Gasteiger partial charge in [0.25, 0.3) is 0 Å². The number of nitrogens with zero attached hydrogens (tertiary/aromatic N) is 4. The number of azo groups is 1. The van der Waals surface area contributed by atoms with Gasteiger partial charge < -0.3 is 0 Å². The number of rotatable bonds is 5. The van der Waals surface area contributed by atoms with Crippen molar-refractivity contribution < 1.29 is 0 Å². The maximum Gasteiger partial charge on any atom is 0.190 e. The van der Waals surface area contributed by atoms with Crippen LogP contribution in [0.4, 0.5) is 11.4 Å². The lowest BCUT2D eigenvalue weighted by molar-refractivity contribution is 0.955. The van der Waals surface area contributed by atoms with Gasteiger partial charge in [-0.3, -0.25) is 0 Å². The van der Waals surface area contributed by atoms with Gasteiger partial charge in [0.05, 0.1) is 5.69 Å². The summed E-state index contributed by atoms with van der Waals surface area (Å²) in [5, 5.41) is 9.06. The molecule has 0 atom stereocenters. The third kappa shape index (κ3) is 4.16. The van der Waals surface area contributed by atoms with Gasteiger partial charge in [-0.05, 0) is 18.6 Å². The van der Waals surface area contributed by atoms with E-state index >= 15 is 0 Å². The van der Waals surface area contributed by atoms with Gasteiger partial charge in [-0.1, -0.05) is 60.1 Å². The average molecular weight is 327 g/mol. The highest BCUT2D eigenvalue weighted by molar-refractivity contribution is 7.99. The van der Waals surface area contributed by atoms with Gasteiger partial charge >= 0.3 is 0 Å². The van der Waals surface area contributed by atoms with Crippen molar-refractivity contribution in [3.05, 3.63) is 40.6 Å². The number of hydrogen-bond acceptors (Lipinski definition) is 5. The fourth-order valence-electron chi connectivity index (χ4n) is 1.33. The lowest BCUT2D eigenvalue weighted by atomic mass is 10.3.